The Kier molecular flexibility index (Phi) is 4.90. The Morgan fingerprint density at radius 1 is 1.22 bits per heavy atom. The second-order valence-electron chi connectivity index (χ2n) is 8.05. The highest BCUT2D eigenvalue weighted by atomic mass is 32.1. The van der Waals surface area contributed by atoms with Crippen LogP contribution in [0, 0.1) is 19.3 Å². The molecular weight excluding hydrogens is 358 g/mol. The first-order chi connectivity index (χ1) is 12.9. The van der Waals surface area contributed by atoms with Gasteiger partial charge in [0.1, 0.15) is 0 Å². The number of nitrogens with one attached hydrogen (secondary N) is 1. The number of amides is 1. The van der Waals surface area contributed by atoms with Crippen molar-refractivity contribution in [3.05, 3.63) is 34.6 Å². The van der Waals surface area contributed by atoms with Crippen molar-refractivity contribution in [3.8, 4) is 0 Å². The fraction of sp³-hybridized carbons (Fsp3) is 0.550. The molecule has 0 bridgehead atoms. The van der Waals surface area contributed by atoms with Crippen LogP contribution < -0.4 is 10.2 Å². The van der Waals surface area contributed by atoms with Gasteiger partial charge in [0.15, 0.2) is 5.13 Å². The van der Waals surface area contributed by atoms with E-state index in [1.54, 1.807) is 11.3 Å². The molecule has 2 aliphatic heterocycles. The number of likely N-dealkylation sites (tertiary alicyclic amines) is 1. The van der Waals surface area contributed by atoms with E-state index in [1.807, 2.05) is 6.20 Å². The van der Waals surface area contributed by atoms with Crippen LogP contribution >= 0.6 is 11.3 Å². The molecule has 0 aromatic carbocycles. The Bertz CT molecular complexity index is 830. The third-order valence-corrected chi connectivity index (χ3v) is 6.50. The number of anilines is 2. The van der Waals surface area contributed by atoms with E-state index >= 15 is 0 Å². The fourth-order valence-electron chi connectivity index (χ4n) is 4.46. The number of carbonyl (C=O) groups is 1. The molecule has 0 unspecified atom stereocenters. The average Bonchev–Trinajstić information content (AvgIpc) is 3.29. The molecule has 4 heterocycles. The minimum atomic E-state index is -0.0661. The van der Waals surface area contributed by atoms with Gasteiger partial charge in [0.2, 0.25) is 5.91 Å². The molecule has 27 heavy (non-hydrogen) atoms. The number of hydrogen-bond acceptors (Lipinski definition) is 6. The van der Waals surface area contributed by atoms with Crippen molar-refractivity contribution in [2.45, 2.75) is 40.2 Å². The summed E-state index contributed by atoms with van der Waals surface area (Å²) in [6.07, 6.45) is 4.40. The highest BCUT2D eigenvalue weighted by Crippen LogP contribution is 2.41. The van der Waals surface area contributed by atoms with E-state index < -0.39 is 0 Å². The van der Waals surface area contributed by atoms with Crippen molar-refractivity contribution < 1.29 is 4.79 Å². The van der Waals surface area contributed by atoms with Crippen LogP contribution in [-0.4, -0.2) is 47.0 Å². The van der Waals surface area contributed by atoms with Gasteiger partial charge in [-0.3, -0.25) is 14.7 Å². The molecule has 6 nitrogen and oxygen atoms in total. The van der Waals surface area contributed by atoms with Gasteiger partial charge in [-0.15, -0.1) is 11.3 Å². The lowest BCUT2D eigenvalue weighted by Gasteiger charge is -2.26. The molecule has 1 N–H and O–H groups in total. The molecule has 1 amide bonds. The van der Waals surface area contributed by atoms with E-state index in [0.29, 0.717) is 10.5 Å². The summed E-state index contributed by atoms with van der Waals surface area (Å²) in [6, 6.07) is 4.42. The summed E-state index contributed by atoms with van der Waals surface area (Å²) in [5, 5.41) is 3.47. The van der Waals surface area contributed by atoms with Crippen molar-refractivity contribution in [1.29, 1.82) is 0 Å². The van der Waals surface area contributed by atoms with E-state index in [0.717, 1.165) is 44.1 Å². The molecule has 1 atom stereocenters. The van der Waals surface area contributed by atoms with Crippen molar-refractivity contribution >= 4 is 28.1 Å². The van der Waals surface area contributed by atoms with Crippen LogP contribution in [0.15, 0.2) is 18.3 Å². The maximum Gasteiger partial charge on any atom is 0.223 e. The summed E-state index contributed by atoms with van der Waals surface area (Å²) >= 11 is 1.58. The number of aryl methyl sites for hydroxylation is 2. The van der Waals surface area contributed by atoms with Crippen LogP contribution in [0.2, 0.25) is 0 Å². The number of nitrogens with zero attached hydrogens (tertiary/aromatic N) is 4. The van der Waals surface area contributed by atoms with Crippen molar-refractivity contribution in [3.63, 3.8) is 0 Å². The maximum atomic E-state index is 11.2. The Hall–Kier alpha value is -1.99. The van der Waals surface area contributed by atoms with Crippen LogP contribution in [0.3, 0.4) is 0 Å². The number of pyridine rings is 1. The van der Waals surface area contributed by atoms with E-state index in [4.69, 9.17) is 0 Å². The predicted molar refractivity (Wildman–Crippen MR) is 109 cm³/mol. The molecule has 4 rings (SSSR count). The SMILES string of the molecule is CC(=O)Nc1ncc(CN2CC[C@]3(CCN(c4cc(C)nc(C)c4)C3)C2)s1. The highest BCUT2D eigenvalue weighted by molar-refractivity contribution is 7.15. The van der Waals surface area contributed by atoms with Crippen molar-refractivity contribution in [2.24, 2.45) is 5.41 Å². The number of carbonyl (C=O) groups excluding carboxylic acids is 1. The second kappa shape index (κ2) is 7.20. The van der Waals surface area contributed by atoms with E-state index in [1.165, 1.54) is 30.3 Å². The molecule has 1 spiro atoms. The zero-order chi connectivity index (χ0) is 19.0. The largest absolute Gasteiger partial charge is 0.371 e. The lowest BCUT2D eigenvalue weighted by Crippen LogP contribution is -2.30. The predicted octanol–water partition coefficient (Wildman–Crippen LogP) is 3.22. The first kappa shape index (κ1) is 18.4. The van der Waals surface area contributed by atoms with Gasteiger partial charge in [0.25, 0.3) is 0 Å². The van der Waals surface area contributed by atoms with Gasteiger partial charge in [-0.05, 0) is 45.4 Å². The summed E-state index contributed by atoms with van der Waals surface area (Å²) in [5.74, 6) is -0.0661. The van der Waals surface area contributed by atoms with Crippen LogP contribution in [0.1, 0.15) is 36.0 Å². The summed E-state index contributed by atoms with van der Waals surface area (Å²) in [5.41, 5.74) is 3.91. The second-order valence-corrected chi connectivity index (χ2v) is 9.17. The molecule has 7 heteroatoms. The summed E-state index contributed by atoms with van der Waals surface area (Å²) in [7, 11) is 0. The van der Waals surface area contributed by atoms with Crippen molar-refractivity contribution in [1.82, 2.24) is 14.9 Å². The molecule has 2 aromatic rings. The van der Waals surface area contributed by atoms with Crippen LogP contribution in [0.4, 0.5) is 10.8 Å². The third kappa shape index (κ3) is 4.14. The molecule has 2 fully saturated rings. The Morgan fingerprint density at radius 3 is 2.70 bits per heavy atom. The lowest BCUT2D eigenvalue weighted by molar-refractivity contribution is -0.114. The fourth-order valence-corrected chi connectivity index (χ4v) is 5.36. The average molecular weight is 386 g/mol. The first-order valence-corrected chi connectivity index (χ1v) is 10.4. The van der Waals surface area contributed by atoms with Crippen LogP contribution in [-0.2, 0) is 11.3 Å². The topological polar surface area (TPSA) is 61.4 Å². The van der Waals surface area contributed by atoms with Gasteiger partial charge >= 0.3 is 0 Å². The first-order valence-electron chi connectivity index (χ1n) is 9.56. The minimum absolute atomic E-state index is 0.0661. The Balaban J connectivity index is 1.37. The molecule has 0 saturated carbocycles. The number of rotatable bonds is 4. The van der Waals surface area contributed by atoms with Gasteiger partial charge in [0, 0.05) is 66.7 Å². The van der Waals surface area contributed by atoms with Gasteiger partial charge in [0.05, 0.1) is 0 Å². The van der Waals surface area contributed by atoms with Crippen LogP contribution in [0.5, 0.6) is 0 Å². The normalized spacial score (nSPS) is 22.7. The van der Waals surface area contributed by atoms with Gasteiger partial charge in [-0.2, -0.15) is 0 Å². The molecule has 0 aliphatic carbocycles. The van der Waals surface area contributed by atoms with Gasteiger partial charge in [-0.1, -0.05) is 0 Å². The highest BCUT2D eigenvalue weighted by Gasteiger charge is 2.43. The van der Waals surface area contributed by atoms with E-state index in [2.05, 4.69) is 51.1 Å². The molecule has 0 radical (unpaired) electrons. The zero-order valence-corrected chi connectivity index (χ0v) is 17.1. The van der Waals surface area contributed by atoms with Gasteiger partial charge in [-0.25, -0.2) is 4.98 Å². The van der Waals surface area contributed by atoms with Gasteiger partial charge < -0.3 is 10.2 Å². The number of hydrogen-bond donors (Lipinski definition) is 1. The summed E-state index contributed by atoms with van der Waals surface area (Å²) < 4.78 is 0. The number of thiazole rings is 1. The van der Waals surface area contributed by atoms with E-state index in [9.17, 15) is 4.79 Å². The zero-order valence-electron chi connectivity index (χ0n) is 16.3. The third-order valence-electron chi connectivity index (χ3n) is 5.60. The smallest absolute Gasteiger partial charge is 0.223 e. The quantitative estimate of drug-likeness (QED) is 0.876. The minimum Gasteiger partial charge on any atom is -0.371 e. The summed E-state index contributed by atoms with van der Waals surface area (Å²) in [6.45, 7) is 11.1. The summed E-state index contributed by atoms with van der Waals surface area (Å²) in [4.78, 5) is 26.3. The van der Waals surface area contributed by atoms with Crippen molar-refractivity contribution in [2.75, 3.05) is 36.4 Å². The molecule has 2 saturated heterocycles. The monoisotopic (exact) mass is 385 g/mol. The molecule has 2 aliphatic rings. The molecule has 2 aromatic heterocycles. The molecular formula is C20H27N5OS. The number of aromatic nitrogens is 2. The van der Waals surface area contributed by atoms with Crippen LogP contribution in [0.25, 0.3) is 0 Å². The Labute approximate surface area is 164 Å². The Morgan fingerprint density at radius 2 is 1.96 bits per heavy atom. The standard InChI is InChI=1S/C20H27N5OS/c1-14-8-17(9-15(2)22-14)25-7-5-20(13-25)4-6-24(12-20)11-18-10-21-19(27-18)23-16(3)26/h8-10H,4-7,11-13H2,1-3H3,(H,21,23,26)/t20-/m0/s1. The van der Waals surface area contributed by atoms with E-state index in [-0.39, 0.29) is 5.91 Å². The molecule has 144 valence electrons. The maximum absolute atomic E-state index is 11.2. The lowest BCUT2D eigenvalue weighted by atomic mass is 9.86.